The van der Waals surface area contributed by atoms with Crippen LogP contribution in [0, 0.1) is 0 Å². The largest absolute Gasteiger partial charge is 0.324 e. The van der Waals surface area contributed by atoms with Gasteiger partial charge in [0.2, 0.25) is 0 Å². The summed E-state index contributed by atoms with van der Waals surface area (Å²) < 4.78 is 0. The molecule has 0 aliphatic carbocycles. The van der Waals surface area contributed by atoms with E-state index in [1.165, 1.54) is 22.3 Å². The van der Waals surface area contributed by atoms with Gasteiger partial charge >= 0.3 is 0 Å². The van der Waals surface area contributed by atoms with Crippen molar-refractivity contribution < 1.29 is 0 Å². The fraction of sp³-hybridized carbons (Fsp3) is 0.467. The molecule has 9 rings (SSSR count). The molecule has 8 bridgehead atoms. The second-order valence-electron chi connectivity index (χ2n) is 19.7. The Hall–Kier alpha value is -5.92. The van der Waals surface area contributed by atoms with Gasteiger partial charge in [-0.3, -0.25) is 0 Å². The second kappa shape index (κ2) is 23.7. The molecular formula is C60H78N12. The van der Waals surface area contributed by atoms with Crippen LogP contribution in [0.3, 0.4) is 0 Å². The number of aromatic nitrogens is 8. The predicted molar refractivity (Wildman–Crippen MR) is 300 cm³/mol. The van der Waals surface area contributed by atoms with Gasteiger partial charge in [0.25, 0.3) is 0 Å². The van der Waals surface area contributed by atoms with E-state index in [4.69, 9.17) is 29.9 Å². The number of nitrogens with one attached hydrogen (secondary N) is 2. The summed E-state index contributed by atoms with van der Waals surface area (Å²) in [4.78, 5) is 49.8. The maximum atomic E-state index is 5.50. The lowest BCUT2D eigenvalue weighted by Gasteiger charge is -2.17. The van der Waals surface area contributed by atoms with E-state index in [2.05, 4.69) is 158 Å². The SMILES string of the molecule is CCN(CC)CCCc1ccc2c(c1)-c1nc-2nc2[nH]c(nc3nc(nc4[nH]c(n1)c1ccc(CCCN(CC)CC)cc41)-c1cc(CCCN(CC)CC)ccc1-3)c1cc(CCCN(CC)CC)ccc21. The summed E-state index contributed by atoms with van der Waals surface area (Å²) in [5, 5.41) is 4.04. The van der Waals surface area contributed by atoms with Gasteiger partial charge in [0.05, 0.1) is 0 Å². The lowest BCUT2D eigenvalue weighted by molar-refractivity contribution is 0.300. The molecule has 7 aromatic rings. The van der Waals surface area contributed by atoms with E-state index in [1.54, 1.807) is 0 Å². The molecule has 72 heavy (non-hydrogen) atoms. The van der Waals surface area contributed by atoms with Gasteiger partial charge in [-0.25, -0.2) is 29.9 Å². The minimum atomic E-state index is 0.632. The summed E-state index contributed by atoms with van der Waals surface area (Å²) in [6.45, 7) is 30.7. The van der Waals surface area contributed by atoms with Crippen molar-refractivity contribution in [1.29, 1.82) is 0 Å². The molecule has 4 aromatic carbocycles. The van der Waals surface area contributed by atoms with Gasteiger partial charge in [-0.05, 0) is 176 Å². The summed E-state index contributed by atoms with van der Waals surface area (Å²) in [5.41, 5.74) is 11.9. The lowest BCUT2D eigenvalue weighted by atomic mass is 10.0. The normalized spacial score (nSPS) is 12.4. The topological polar surface area (TPSA) is 122 Å². The Morgan fingerprint density at radius 1 is 0.306 bits per heavy atom. The molecule has 0 saturated heterocycles. The molecule has 0 fully saturated rings. The minimum absolute atomic E-state index is 0.632. The Balaban J connectivity index is 1.26. The first-order valence-corrected chi connectivity index (χ1v) is 27.5. The molecule has 12 heteroatoms. The van der Waals surface area contributed by atoms with Crippen LogP contribution in [0.4, 0.5) is 0 Å². The highest BCUT2D eigenvalue weighted by Crippen LogP contribution is 2.38. The summed E-state index contributed by atoms with van der Waals surface area (Å²) >= 11 is 0. The van der Waals surface area contributed by atoms with E-state index < -0.39 is 0 Å². The highest BCUT2D eigenvalue weighted by atomic mass is 15.1. The molecule has 0 atom stereocenters. The first kappa shape index (κ1) is 51.0. The van der Waals surface area contributed by atoms with Gasteiger partial charge in [0.1, 0.15) is 22.6 Å². The Morgan fingerprint density at radius 2 is 0.583 bits per heavy atom. The highest BCUT2D eigenvalue weighted by Gasteiger charge is 2.24. The zero-order chi connectivity index (χ0) is 50.1. The number of hydrogen-bond acceptors (Lipinski definition) is 10. The van der Waals surface area contributed by atoms with Crippen LogP contribution >= 0.6 is 0 Å². The van der Waals surface area contributed by atoms with Crippen LogP contribution < -0.4 is 0 Å². The molecule has 0 saturated carbocycles. The minimum Gasteiger partial charge on any atom is -0.324 e. The summed E-state index contributed by atoms with van der Waals surface area (Å²) in [6.07, 6.45) is 8.21. The third kappa shape index (κ3) is 11.3. The molecular weight excluding hydrogens is 889 g/mol. The van der Waals surface area contributed by atoms with Crippen molar-refractivity contribution in [2.75, 3.05) is 78.5 Å². The average molecular weight is 967 g/mol. The Kier molecular flexibility index (Phi) is 16.8. The number of nitrogens with zero attached hydrogens (tertiary/aromatic N) is 10. The van der Waals surface area contributed by atoms with E-state index in [-0.39, 0.29) is 0 Å². The van der Waals surface area contributed by atoms with Crippen LogP contribution in [0.2, 0.25) is 0 Å². The van der Waals surface area contributed by atoms with Crippen LogP contribution in [-0.2, 0) is 25.7 Å². The number of aryl methyl sites for hydroxylation is 4. The van der Waals surface area contributed by atoms with Crippen molar-refractivity contribution in [2.24, 2.45) is 0 Å². The van der Waals surface area contributed by atoms with Crippen LogP contribution in [0.5, 0.6) is 0 Å². The summed E-state index contributed by atoms with van der Waals surface area (Å²) in [5.74, 6) is 2.56. The molecule has 0 spiro atoms. The van der Waals surface area contributed by atoms with Crippen LogP contribution in [0.15, 0.2) is 72.8 Å². The highest BCUT2D eigenvalue weighted by molar-refractivity contribution is 6.06. The van der Waals surface area contributed by atoms with Crippen molar-refractivity contribution in [3.05, 3.63) is 95.1 Å². The monoisotopic (exact) mass is 967 g/mol. The van der Waals surface area contributed by atoms with Gasteiger partial charge in [0.15, 0.2) is 23.3 Å². The summed E-state index contributed by atoms with van der Waals surface area (Å²) in [7, 11) is 0. The number of fused-ring (bicyclic) bond motifs is 20. The van der Waals surface area contributed by atoms with Gasteiger partial charge in [0, 0.05) is 43.8 Å². The first-order valence-electron chi connectivity index (χ1n) is 27.5. The first-order chi connectivity index (χ1) is 35.3. The van der Waals surface area contributed by atoms with E-state index in [9.17, 15) is 0 Å². The molecule has 378 valence electrons. The third-order valence-corrected chi connectivity index (χ3v) is 15.4. The number of rotatable bonds is 24. The lowest BCUT2D eigenvalue weighted by Crippen LogP contribution is -2.24. The molecule has 0 unspecified atom stereocenters. The summed E-state index contributed by atoms with van der Waals surface area (Å²) in [6, 6.07) is 27.1. The fourth-order valence-corrected chi connectivity index (χ4v) is 10.8. The number of benzene rings is 4. The quantitative estimate of drug-likeness (QED) is 0.0605. The van der Waals surface area contributed by atoms with Crippen molar-refractivity contribution in [2.45, 2.75) is 107 Å². The van der Waals surface area contributed by atoms with Gasteiger partial charge in [-0.15, -0.1) is 0 Å². The molecule has 5 heterocycles. The van der Waals surface area contributed by atoms with Crippen LogP contribution in [0.1, 0.15) is 103 Å². The fourth-order valence-electron chi connectivity index (χ4n) is 10.8. The van der Waals surface area contributed by atoms with E-state index in [1.807, 2.05) is 0 Å². The molecule has 2 aliphatic heterocycles. The second-order valence-corrected chi connectivity index (χ2v) is 19.7. The molecule has 2 aliphatic rings. The number of aromatic amines is 2. The maximum absolute atomic E-state index is 5.50. The average Bonchev–Trinajstić information content (AvgIpc) is 4.14. The zero-order valence-electron chi connectivity index (χ0n) is 44.5. The van der Waals surface area contributed by atoms with Crippen molar-refractivity contribution in [3.63, 3.8) is 0 Å². The van der Waals surface area contributed by atoms with Gasteiger partial charge in [-0.2, -0.15) is 0 Å². The van der Waals surface area contributed by atoms with Gasteiger partial charge < -0.3 is 29.6 Å². The predicted octanol–water partition coefficient (Wildman–Crippen LogP) is 12.0. The number of H-pyrrole nitrogens is 2. The van der Waals surface area contributed by atoms with Crippen molar-refractivity contribution >= 4 is 44.1 Å². The molecule has 0 amide bonds. The van der Waals surface area contributed by atoms with Crippen molar-refractivity contribution in [1.82, 2.24) is 59.5 Å². The van der Waals surface area contributed by atoms with Crippen LogP contribution in [0.25, 0.3) is 89.7 Å². The number of hydrogen-bond donors (Lipinski definition) is 2. The van der Waals surface area contributed by atoms with E-state index >= 15 is 0 Å². The molecule has 3 aromatic heterocycles. The van der Waals surface area contributed by atoms with Crippen LogP contribution in [-0.4, -0.2) is 138 Å². The molecule has 12 nitrogen and oxygen atoms in total. The Bertz CT molecular complexity index is 3130. The molecule has 2 N–H and O–H groups in total. The van der Waals surface area contributed by atoms with E-state index in [0.29, 0.717) is 23.3 Å². The Labute approximate surface area is 427 Å². The van der Waals surface area contributed by atoms with E-state index in [0.717, 1.165) is 196 Å². The maximum Gasteiger partial charge on any atom is 0.164 e. The third-order valence-electron chi connectivity index (χ3n) is 15.4. The van der Waals surface area contributed by atoms with Crippen molar-refractivity contribution in [3.8, 4) is 45.6 Å². The Morgan fingerprint density at radius 3 is 0.903 bits per heavy atom. The zero-order valence-corrected chi connectivity index (χ0v) is 44.5. The standard InChI is InChI=1S/C60H78N12/c1-9-69(10-2)33-17-21-41-25-29-45-49(37-41)57-62-53(45)61-54-46-30-26-42(22-18-34-70(11-3)12-4)38-50(46)58(63-54)65-56-48-32-28-44(24-20-36-72(15-7)16-8)40-52(48)60(67-56)68-59-51-39-43(23-19-35-71(13-5)14-6)27-31-47(51)55(64-57)66-59/h25-32,37-40H,9-24,33-36H2,1-8H3,(H2,61,62,63,64,65,66,67,68). The smallest absolute Gasteiger partial charge is 0.164 e. The van der Waals surface area contributed by atoms with Gasteiger partial charge in [-0.1, -0.05) is 104 Å². The molecule has 0 radical (unpaired) electrons.